The standard InChI is InChI=1S/C15H22N2S/c1-3-11-16-12(2)7-6-10-15-17-13-8-4-5-9-14(13)18-15/h4-5,8-9,12,16H,3,6-7,10-11H2,1-2H3. The van der Waals surface area contributed by atoms with Gasteiger partial charge in [0.15, 0.2) is 0 Å². The zero-order valence-electron chi connectivity index (χ0n) is 11.3. The summed E-state index contributed by atoms with van der Waals surface area (Å²) < 4.78 is 1.31. The molecule has 1 heterocycles. The van der Waals surface area contributed by atoms with Crippen molar-refractivity contribution in [1.82, 2.24) is 10.3 Å². The second-order valence-corrected chi connectivity index (χ2v) is 5.94. The molecule has 0 aliphatic carbocycles. The summed E-state index contributed by atoms with van der Waals surface area (Å²) in [5.41, 5.74) is 1.15. The van der Waals surface area contributed by atoms with E-state index in [2.05, 4.69) is 48.4 Å². The van der Waals surface area contributed by atoms with Crippen molar-refractivity contribution in [2.75, 3.05) is 6.54 Å². The van der Waals surface area contributed by atoms with Crippen LogP contribution in [0.5, 0.6) is 0 Å². The average molecular weight is 262 g/mol. The third-order valence-electron chi connectivity index (χ3n) is 3.11. The monoisotopic (exact) mass is 262 g/mol. The predicted molar refractivity (Wildman–Crippen MR) is 80.3 cm³/mol. The van der Waals surface area contributed by atoms with Gasteiger partial charge < -0.3 is 5.32 Å². The molecule has 0 saturated carbocycles. The predicted octanol–water partition coefficient (Wildman–Crippen LogP) is 4.01. The van der Waals surface area contributed by atoms with Crippen LogP contribution in [0.2, 0.25) is 0 Å². The van der Waals surface area contributed by atoms with Gasteiger partial charge in [-0.1, -0.05) is 19.1 Å². The fourth-order valence-corrected chi connectivity index (χ4v) is 3.09. The Kier molecular flexibility index (Phi) is 5.14. The summed E-state index contributed by atoms with van der Waals surface area (Å²) in [5.74, 6) is 0. The molecule has 18 heavy (non-hydrogen) atoms. The van der Waals surface area contributed by atoms with Crippen LogP contribution in [-0.4, -0.2) is 17.6 Å². The highest BCUT2D eigenvalue weighted by Gasteiger charge is 2.04. The van der Waals surface area contributed by atoms with Gasteiger partial charge in [-0.25, -0.2) is 4.98 Å². The Labute approximate surface area is 113 Å². The highest BCUT2D eigenvalue weighted by atomic mass is 32.1. The molecular weight excluding hydrogens is 240 g/mol. The topological polar surface area (TPSA) is 24.9 Å². The van der Waals surface area contributed by atoms with Gasteiger partial charge in [0.2, 0.25) is 0 Å². The molecule has 2 nitrogen and oxygen atoms in total. The molecule has 3 heteroatoms. The fraction of sp³-hybridized carbons (Fsp3) is 0.533. The molecule has 0 spiro atoms. The van der Waals surface area contributed by atoms with Crippen molar-refractivity contribution >= 4 is 21.6 Å². The van der Waals surface area contributed by atoms with Crippen molar-refractivity contribution in [2.24, 2.45) is 0 Å². The summed E-state index contributed by atoms with van der Waals surface area (Å²) in [4.78, 5) is 4.67. The second kappa shape index (κ2) is 6.86. The molecule has 98 valence electrons. The van der Waals surface area contributed by atoms with Crippen LogP contribution >= 0.6 is 11.3 Å². The lowest BCUT2D eigenvalue weighted by molar-refractivity contribution is 0.498. The molecule has 2 rings (SSSR count). The fourth-order valence-electron chi connectivity index (χ4n) is 2.08. The molecule has 1 unspecified atom stereocenters. The Balaban J connectivity index is 1.79. The minimum absolute atomic E-state index is 0.624. The van der Waals surface area contributed by atoms with Crippen LogP contribution in [0.15, 0.2) is 24.3 Å². The lowest BCUT2D eigenvalue weighted by Gasteiger charge is -2.11. The molecule has 0 bridgehead atoms. The van der Waals surface area contributed by atoms with E-state index in [1.165, 1.54) is 29.0 Å². The number of rotatable bonds is 7. The zero-order valence-corrected chi connectivity index (χ0v) is 12.1. The van der Waals surface area contributed by atoms with Crippen molar-refractivity contribution in [1.29, 1.82) is 0 Å². The van der Waals surface area contributed by atoms with Gasteiger partial charge in [-0.05, 0) is 51.3 Å². The van der Waals surface area contributed by atoms with Crippen molar-refractivity contribution < 1.29 is 0 Å². The number of nitrogens with zero attached hydrogens (tertiary/aromatic N) is 1. The number of aryl methyl sites for hydroxylation is 1. The molecule has 0 radical (unpaired) electrons. The van der Waals surface area contributed by atoms with E-state index in [4.69, 9.17) is 0 Å². The minimum atomic E-state index is 0.624. The number of hydrogen-bond donors (Lipinski definition) is 1. The van der Waals surface area contributed by atoms with E-state index in [1.54, 1.807) is 0 Å². The SMILES string of the molecule is CCCNC(C)CCCc1nc2ccccc2s1. The molecule has 1 aromatic heterocycles. The molecular formula is C15H22N2S. The number of para-hydroxylation sites is 1. The highest BCUT2D eigenvalue weighted by molar-refractivity contribution is 7.18. The summed E-state index contributed by atoms with van der Waals surface area (Å²) in [6.45, 7) is 5.61. The molecule has 1 N–H and O–H groups in total. The average Bonchev–Trinajstić information content (AvgIpc) is 2.79. The van der Waals surface area contributed by atoms with Crippen LogP contribution < -0.4 is 5.32 Å². The van der Waals surface area contributed by atoms with Gasteiger partial charge in [0.25, 0.3) is 0 Å². The van der Waals surface area contributed by atoms with E-state index in [-0.39, 0.29) is 0 Å². The number of aromatic nitrogens is 1. The van der Waals surface area contributed by atoms with Gasteiger partial charge in [-0.2, -0.15) is 0 Å². The first kappa shape index (κ1) is 13.5. The lowest BCUT2D eigenvalue weighted by Crippen LogP contribution is -2.26. The molecule has 1 atom stereocenters. The molecule has 1 aromatic carbocycles. The summed E-state index contributed by atoms with van der Waals surface area (Å²) in [5, 5.41) is 4.80. The van der Waals surface area contributed by atoms with E-state index in [9.17, 15) is 0 Å². The quantitative estimate of drug-likeness (QED) is 0.815. The van der Waals surface area contributed by atoms with Crippen LogP contribution in [0.1, 0.15) is 38.1 Å². The summed E-state index contributed by atoms with van der Waals surface area (Å²) in [6.07, 6.45) is 4.77. The maximum atomic E-state index is 4.67. The van der Waals surface area contributed by atoms with Gasteiger partial charge in [-0.15, -0.1) is 11.3 Å². The Bertz CT molecular complexity index is 445. The summed E-state index contributed by atoms with van der Waals surface area (Å²) in [6, 6.07) is 9.02. The van der Waals surface area contributed by atoms with Gasteiger partial charge in [0.1, 0.15) is 0 Å². The van der Waals surface area contributed by atoms with Crippen LogP contribution in [0, 0.1) is 0 Å². The third-order valence-corrected chi connectivity index (χ3v) is 4.20. The normalized spacial score (nSPS) is 13.0. The van der Waals surface area contributed by atoms with Crippen LogP contribution in [0.3, 0.4) is 0 Å². The van der Waals surface area contributed by atoms with Crippen molar-refractivity contribution in [3.8, 4) is 0 Å². The van der Waals surface area contributed by atoms with Gasteiger partial charge in [-0.3, -0.25) is 0 Å². The van der Waals surface area contributed by atoms with E-state index >= 15 is 0 Å². The second-order valence-electron chi connectivity index (χ2n) is 4.82. The Morgan fingerprint density at radius 2 is 2.17 bits per heavy atom. The molecule has 0 fully saturated rings. The summed E-state index contributed by atoms with van der Waals surface area (Å²) in [7, 11) is 0. The maximum Gasteiger partial charge on any atom is 0.0938 e. The van der Waals surface area contributed by atoms with Crippen LogP contribution in [0.4, 0.5) is 0 Å². The van der Waals surface area contributed by atoms with Crippen molar-refractivity contribution in [2.45, 2.75) is 45.6 Å². The number of fused-ring (bicyclic) bond motifs is 1. The van der Waals surface area contributed by atoms with E-state index in [0.29, 0.717) is 6.04 Å². The zero-order chi connectivity index (χ0) is 12.8. The molecule has 2 aromatic rings. The van der Waals surface area contributed by atoms with Crippen molar-refractivity contribution in [3.63, 3.8) is 0 Å². The molecule has 0 aliphatic rings. The van der Waals surface area contributed by atoms with E-state index < -0.39 is 0 Å². The largest absolute Gasteiger partial charge is 0.314 e. The number of hydrogen-bond acceptors (Lipinski definition) is 3. The molecule has 0 amide bonds. The summed E-state index contributed by atoms with van der Waals surface area (Å²) >= 11 is 1.84. The Hall–Kier alpha value is -0.930. The van der Waals surface area contributed by atoms with Gasteiger partial charge >= 0.3 is 0 Å². The smallest absolute Gasteiger partial charge is 0.0938 e. The van der Waals surface area contributed by atoms with Gasteiger partial charge in [0.05, 0.1) is 15.2 Å². The first-order valence-corrected chi connectivity index (χ1v) is 7.69. The van der Waals surface area contributed by atoms with E-state index in [0.717, 1.165) is 18.5 Å². The van der Waals surface area contributed by atoms with E-state index in [1.807, 2.05) is 11.3 Å². The number of thiazole rings is 1. The first-order valence-electron chi connectivity index (χ1n) is 6.87. The maximum absolute atomic E-state index is 4.67. The number of nitrogens with one attached hydrogen (secondary N) is 1. The Morgan fingerprint density at radius 3 is 2.94 bits per heavy atom. The first-order chi connectivity index (χ1) is 8.79. The third kappa shape index (κ3) is 3.79. The molecule has 0 saturated heterocycles. The lowest BCUT2D eigenvalue weighted by atomic mass is 10.1. The minimum Gasteiger partial charge on any atom is -0.314 e. The Morgan fingerprint density at radius 1 is 1.33 bits per heavy atom. The highest BCUT2D eigenvalue weighted by Crippen LogP contribution is 2.22. The van der Waals surface area contributed by atoms with Gasteiger partial charge in [0, 0.05) is 6.04 Å². The van der Waals surface area contributed by atoms with Crippen LogP contribution in [-0.2, 0) is 6.42 Å². The van der Waals surface area contributed by atoms with Crippen molar-refractivity contribution in [3.05, 3.63) is 29.3 Å². The number of benzene rings is 1. The van der Waals surface area contributed by atoms with Crippen LogP contribution in [0.25, 0.3) is 10.2 Å². The molecule has 0 aliphatic heterocycles.